The topological polar surface area (TPSA) is 35.2 Å². The molecule has 0 spiro atoms. The molecule has 18 heavy (non-hydrogen) atoms. The zero-order valence-corrected chi connectivity index (χ0v) is 10.9. The molecule has 0 aliphatic rings. The normalized spacial score (nSPS) is 10.4. The minimum Gasteiger partial charge on any atom is -0.496 e. The second-order valence-electron chi connectivity index (χ2n) is 4.29. The van der Waals surface area contributed by atoms with Gasteiger partial charge in [0.2, 0.25) is 0 Å². The van der Waals surface area contributed by atoms with Gasteiger partial charge in [-0.25, -0.2) is 0 Å². The molecule has 0 aliphatic heterocycles. The molecular formula is C16H19NO. The van der Waals surface area contributed by atoms with Crippen LogP contribution in [-0.2, 0) is 13.0 Å². The van der Waals surface area contributed by atoms with Gasteiger partial charge in [0.05, 0.1) is 7.11 Å². The summed E-state index contributed by atoms with van der Waals surface area (Å²) < 4.78 is 5.41. The molecule has 0 heterocycles. The maximum Gasteiger partial charge on any atom is 0.126 e. The van der Waals surface area contributed by atoms with Gasteiger partial charge in [-0.2, -0.15) is 0 Å². The van der Waals surface area contributed by atoms with Crippen molar-refractivity contribution in [3.8, 4) is 16.9 Å². The lowest BCUT2D eigenvalue weighted by Gasteiger charge is -2.11. The molecule has 0 unspecified atom stereocenters. The van der Waals surface area contributed by atoms with Gasteiger partial charge in [0.15, 0.2) is 0 Å². The molecule has 2 heteroatoms. The Bertz CT molecular complexity index is 517. The van der Waals surface area contributed by atoms with Crippen LogP contribution in [0.4, 0.5) is 0 Å². The summed E-state index contributed by atoms with van der Waals surface area (Å²) >= 11 is 0. The van der Waals surface area contributed by atoms with Gasteiger partial charge in [0, 0.05) is 12.1 Å². The van der Waals surface area contributed by atoms with Crippen LogP contribution in [0.5, 0.6) is 5.75 Å². The van der Waals surface area contributed by atoms with E-state index >= 15 is 0 Å². The monoisotopic (exact) mass is 241 g/mol. The predicted molar refractivity (Wildman–Crippen MR) is 75.7 cm³/mol. The van der Waals surface area contributed by atoms with Crippen molar-refractivity contribution in [1.82, 2.24) is 0 Å². The number of nitrogens with two attached hydrogens (primary N) is 1. The van der Waals surface area contributed by atoms with Gasteiger partial charge >= 0.3 is 0 Å². The molecule has 0 bridgehead atoms. The van der Waals surface area contributed by atoms with E-state index < -0.39 is 0 Å². The van der Waals surface area contributed by atoms with Crippen LogP contribution < -0.4 is 10.5 Å². The molecule has 0 amide bonds. The number of aryl methyl sites for hydroxylation is 1. The van der Waals surface area contributed by atoms with Crippen molar-refractivity contribution < 1.29 is 4.74 Å². The molecule has 0 saturated carbocycles. The minimum atomic E-state index is 0.546. The Hall–Kier alpha value is -1.80. The first kappa shape index (κ1) is 12.7. The molecule has 0 fully saturated rings. The highest BCUT2D eigenvalue weighted by atomic mass is 16.5. The molecule has 0 atom stereocenters. The smallest absolute Gasteiger partial charge is 0.126 e. The Kier molecular flexibility index (Phi) is 4.00. The molecule has 0 radical (unpaired) electrons. The first-order chi connectivity index (χ1) is 8.78. The molecule has 0 saturated heterocycles. The van der Waals surface area contributed by atoms with E-state index in [-0.39, 0.29) is 0 Å². The average Bonchev–Trinajstić information content (AvgIpc) is 2.46. The standard InChI is InChI=1S/C16H19NO/c1-3-12-4-7-14(8-5-12)15-10-13(11-17)6-9-16(15)18-2/h4-10H,3,11,17H2,1-2H3. The van der Waals surface area contributed by atoms with Crippen LogP contribution in [0.25, 0.3) is 11.1 Å². The van der Waals surface area contributed by atoms with Crippen molar-refractivity contribution in [2.45, 2.75) is 19.9 Å². The van der Waals surface area contributed by atoms with Crippen LogP contribution in [0.1, 0.15) is 18.1 Å². The molecule has 2 aromatic carbocycles. The Morgan fingerprint density at radius 2 is 1.67 bits per heavy atom. The number of ether oxygens (including phenoxy) is 1. The molecule has 2 N–H and O–H groups in total. The summed E-state index contributed by atoms with van der Waals surface area (Å²) in [5.41, 5.74) is 10.4. The quantitative estimate of drug-likeness (QED) is 0.890. The van der Waals surface area contributed by atoms with Gasteiger partial charge in [-0.05, 0) is 35.2 Å². The number of rotatable bonds is 4. The van der Waals surface area contributed by atoms with Crippen molar-refractivity contribution in [2.24, 2.45) is 5.73 Å². The zero-order chi connectivity index (χ0) is 13.0. The minimum absolute atomic E-state index is 0.546. The summed E-state index contributed by atoms with van der Waals surface area (Å²) in [6.45, 7) is 2.70. The summed E-state index contributed by atoms with van der Waals surface area (Å²) in [7, 11) is 1.70. The molecule has 2 nitrogen and oxygen atoms in total. The van der Waals surface area contributed by atoms with Crippen LogP contribution in [-0.4, -0.2) is 7.11 Å². The fraction of sp³-hybridized carbons (Fsp3) is 0.250. The molecule has 94 valence electrons. The van der Waals surface area contributed by atoms with Crippen molar-refractivity contribution in [3.63, 3.8) is 0 Å². The Labute approximate surface area is 108 Å². The van der Waals surface area contributed by atoms with Crippen LogP contribution in [0.15, 0.2) is 42.5 Å². The Balaban J connectivity index is 2.46. The number of hydrogen-bond acceptors (Lipinski definition) is 2. The fourth-order valence-corrected chi connectivity index (χ4v) is 2.03. The van der Waals surface area contributed by atoms with Gasteiger partial charge in [-0.1, -0.05) is 37.3 Å². The first-order valence-electron chi connectivity index (χ1n) is 6.24. The second-order valence-corrected chi connectivity index (χ2v) is 4.29. The van der Waals surface area contributed by atoms with Crippen LogP contribution in [0.3, 0.4) is 0 Å². The van der Waals surface area contributed by atoms with Gasteiger partial charge in [-0.15, -0.1) is 0 Å². The number of methoxy groups -OCH3 is 1. The summed E-state index contributed by atoms with van der Waals surface area (Å²) in [6.07, 6.45) is 1.06. The van der Waals surface area contributed by atoms with Crippen molar-refractivity contribution in [2.75, 3.05) is 7.11 Å². The first-order valence-corrected chi connectivity index (χ1v) is 6.24. The van der Waals surface area contributed by atoms with Gasteiger partial charge in [0.25, 0.3) is 0 Å². The Morgan fingerprint density at radius 3 is 2.22 bits per heavy atom. The lowest BCUT2D eigenvalue weighted by Crippen LogP contribution is -1.97. The molecular weight excluding hydrogens is 222 g/mol. The summed E-state index contributed by atoms with van der Waals surface area (Å²) in [6, 6.07) is 14.7. The predicted octanol–water partition coefficient (Wildman–Crippen LogP) is 3.38. The van der Waals surface area contributed by atoms with E-state index in [1.54, 1.807) is 7.11 Å². The molecule has 2 aromatic rings. The van der Waals surface area contributed by atoms with Gasteiger partial charge in [-0.3, -0.25) is 0 Å². The largest absolute Gasteiger partial charge is 0.496 e. The highest BCUT2D eigenvalue weighted by Crippen LogP contribution is 2.31. The summed E-state index contributed by atoms with van der Waals surface area (Å²) in [5.74, 6) is 0.886. The third-order valence-corrected chi connectivity index (χ3v) is 3.17. The lowest BCUT2D eigenvalue weighted by molar-refractivity contribution is 0.416. The van der Waals surface area contributed by atoms with Crippen LogP contribution in [0.2, 0.25) is 0 Å². The van der Waals surface area contributed by atoms with Crippen molar-refractivity contribution >= 4 is 0 Å². The lowest BCUT2D eigenvalue weighted by atomic mass is 10.00. The highest BCUT2D eigenvalue weighted by Gasteiger charge is 2.06. The average molecular weight is 241 g/mol. The molecule has 2 rings (SSSR count). The van der Waals surface area contributed by atoms with Crippen molar-refractivity contribution in [3.05, 3.63) is 53.6 Å². The third kappa shape index (κ3) is 2.54. The number of benzene rings is 2. The molecule has 0 aromatic heterocycles. The van der Waals surface area contributed by atoms with Gasteiger partial charge < -0.3 is 10.5 Å². The fourth-order valence-electron chi connectivity index (χ4n) is 2.03. The maximum absolute atomic E-state index is 5.69. The van der Waals surface area contributed by atoms with E-state index in [0.717, 1.165) is 23.3 Å². The zero-order valence-electron chi connectivity index (χ0n) is 10.9. The van der Waals surface area contributed by atoms with Crippen molar-refractivity contribution in [1.29, 1.82) is 0 Å². The van der Waals surface area contributed by atoms with E-state index in [0.29, 0.717) is 6.54 Å². The van der Waals surface area contributed by atoms with E-state index in [4.69, 9.17) is 10.5 Å². The van der Waals surface area contributed by atoms with Crippen LogP contribution >= 0.6 is 0 Å². The van der Waals surface area contributed by atoms with E-state index in [9.17, 15) is 0 Å². The second kappa shape index (κ2) is 5.69. The van der Waals surface area contributed by atoms with E-state index in [1.165, 1.54) is 11.1 Å². The highest BCUT2D eigenvalue weighted by molar-refractivity contribution is 5.71. The SMILES string of the molecule is CCc1ccc(-c2cc(CN)ccc2OC)cc1. The number of hydrogen-bond donors (Lipinski definition) is 1. The Morgan fingerprint density at radius 1 is 1.00 bits per heavy atom. The maximum atomic E-state index is 5.69. The summed E-state index contributed by atoms with van der Waals surface area (Å²) in [5, 5.41) is 0. The third-order valence-electron chi connectivity index (χ3n) is 3.17. The van der Waals surface area contributed by atoms with Crippen LogP contribution in [0, 0.1) is 0 Å². The van der Waals surface area contributed by atoms with Gasteiger partial charge in [0.1, 0.15) is 5.75 Å². The summed E-state index contributed by atoms with van der Waals surface area (Å²) in [4.78, 5) is 0. The van der Waals surface area contributed by atoms with E-state index in [2.05, 4.69) is 37.3 Å². The van der Waals surface area contributed by atoms with E-state index in [1.807, 2.05) is 12.1 Å². The molecule has 0 aliphatic carbocycles.